The average molecular weight is 488 g/mol. The summed E-state index contributed by atoms with van der Waals surface area (Å²) in [7, 11) is -3.73. The van der Waals surface area contributed by atoms with Gasteiger partial charge in [0.05, 0.1) is 4.90 Å². The molecule has 9 heteroatoms. The summed E-state index contributed by atoms with van der Waals surface area (Å²) in [4.78, 5) is 14.9. The van der Waals surface area contributed by atoms with Gasteiger partial charge < -0.3 is 10.2 Å². The van der Waals surface area contributed by atoms with E-state index in [1.807, 2.05) is 28.7 Å². The van der Waals surface area contributed by atoms with Gasteiger partial charge in [0.2, 0.25) is 10.0 Å². The number of hydrogen-bond donors (Lipinski definition) is 1. The number of rotatable bonds is 7. The maximum Gasteiger partial charge on any atom is 0.251 e. The van der Waals surface area contributed by atoms with E-state index in [1.165, 1.54) is 28.6 Å². The van der Waals surface area contributed by atoms with E-state index in [0.717, 1.165) is 11.3 Å². The van der Waals surface area contributed by atoms with Gasteiger partial charge >= 0.3 is 0 Å². The number of carbonyl (C=O) groups is 1. The number of nitrogens with zero attached hydrogens (tertiary/aromatic N) is 2. The largest absolute Gasteiger partial charge is 0.369 e. The number of benzene rings is 2. The normalized spacial score (nSPS) is 15.9. The first-order valence-electron chi connectivity index (χ1n) is 10.8. The topological polar surface area (TPSA) is 69.7 Å². The number of nitrogens with one attached hydrogen (secondary N) is 1. The molecule has 0 spiro atoms. The lowest BCUT2D eigenvalue weighted by molar-refractivity contribution is 0.0940. The van der Waals surface area contributed by atoms with Crippen LogP contribution in [0.5, 0.6) is 0 Å². The lowest BCUT2D eigenvalue weighted by Gasteiger charge is -2.35. The molecular formula is C24H26FN3O3S2. The SMILES string of the molecule is CC(Cc1ccsc1)NC(=O)c1cccc(S(=O)(=O)N2CCN(c3ccc(F)cc3)CC2)c1. The van der Waals surface area contributed by atoms with Gasteiger partial charge in [-0.05, 0) is 78.2 Å². The van der Waals surface area contributed by atoms with Crippen molar-refractivity contribution < 1.29 is 17.6 Å². The van der Waals surface area contributed by atoms with Crippen LogP contribution in [0, 0.1) is 5.82 Å². The van der Waals surface area contributed by atoms with E-state index in [9.17, 15) is 17.6 Å². The minimum Gasteiger partial charge on any atom is -0.369 e. The Bertz CT molecular complexity index is 1190. The molecule has 1 fully saturated rings. The van der Waals surface area contributed by atoms with Crippen LogP contribution in [-0.4, -0.2) is 50.9 Å². The number of anilines is 1. The van der Waals surface area contributed by atoms with Crippen LogP contribution in [0.1, 0.15) is 22.8 Å². The van der Waals surface area contributed by atoms with Crippen LogP contribution in [-0.2, 0) is 16.4 Å². The fourth-order valence-corrected chi connectivity index (χ4v) is 6.06. The monoisotopic (exact) mass is 487 g/mol. The molecule has 1 unspecified atom stereocenters. The van der Waals surface area contributed by atoms with Crippen LogP contribution in [0.15, 0.2) is 70.3 Å². The summed E-state index contributed by atoms with van der Waals surface area (Å²) in [5.74, 6) is -0.597. The Morgan fingerprint density at radius 3 is 2.48 bits per heavy atom. The van der Waals surface area contributed by atoms with Crippen LogP contribution < -0.4 is 10.2 Å². The summed E-state index contributed by atoms with van der Waals surface area (Å²) in [6.45, 7) is 3.56. The van der Waals surface area contributed by atoms with Crippen molar-refractivity contribution in [1.82, 2.24) is 9.62 Å². The van der Waals surface area contributed by atoms with Gasteiger partial charge in [0, 0.05) is 43.5 Å². The molecular weight excluding hydrogens is 461 g/mol. The van der Waals surface area contributed by atoms with Crippen molar-refractivity contribution in [2.75, 3.05) is 31.1 Å². The Kier molecular flexibility index (Phi) is 7.11. The minimum atomic E-state index is -3.73. The molecule has 0 aliphatic carbocycles. The van der Waals surface area contributed by atoms with E-state index < -0.39 is 10.0 Å². The van der Waals surface area contributed by atoms with Crippen molar-refractivity contribution in [3.05, 3.63) is 82.3 Å². The third kappa shape index (κ3) is 5.61. The van der Waals surface area contributed by atoms with Crippen molar-refractivity contribution in [1.29, 1.82) is 0 Å². The molecule has 174 valence electrons. The number of thiophene rings is 1. The van der Waals surface area contributed by atoms with Crippen LogP contribution in [0.4, 0.5) is 10.1 Å². The molecule has 33 heavy (non-hydrogen) atoms. The Hall–Kier alpha value is -2.75. The number of amides is 1. The highest BCUT2D eigenvalue weighted by Gasteiger charge is 2.29. The van der Waals surface area contributed by atoms with Crippen molar-refractivity contribution >= 4 is 33.0 Å². The van der Waals surface area contributed by atoms with Crippen molar-refractivity contribution in [2.45, 2.75) is 24.3 Å². The maximum absolute atomic E-state index is 13.2. The zero-order chi connectivity index (χ0) is 23.4. The van der Waals surface area contributed by atoms with Gasteiger partial charge in [-0.25, -0.2) is 12.8 Å². The summed E-state index contributed by atoms with van der Waals surface area (Å²) in [5.41, 5.74) is 2.34. The number of hydrogen-bond acceptors (Lipinski definition) is 5. The van der Waals surface area contributed by atoms with Crippen molar-refractivity contribution in [3.8, 4) is 0 Å². The van der Waals surface area contributed by atoms with Gasteiger partial charge in [-0.1, -0.05) is 6.07 Å². The Morgan fingerprint density at radius 2 is 1.82 bits per heavy atom. The second kappa shape index (κ2) is 10.0. The summed E-state index contributed by atoms with van der Waals surface area (Å²) < 4.78 is 41.0. The first-order valence-corrected chi connectivity index (χ1v) is 13.1. The zero-order valence-electron chi connectivity index (χ0n) is 18.3. The molecule has 6 nitrogen and oxygen atoms in total. The van der Waals surface area contributed by atoms with Crippen LogP contribution in [0.25, 0.3) is 0 Å². The maximum atomic E-state index is 13.2. The van der Waals surface area contributed by atoms with Crippen molar-refractivity contribution in [3.63, 3.8) is 0 Å². The smallest absolute Gasteiger partial charge is 0.251 e. The predicted octanol–water partition coefficient (Wildman–Crippen LogP) is 3.76. The first-order chi connectivity index (χ1) is 15.8. The van der Waals surface area contributed by atoms with Gasteiger partial charge in [-0.2, -0.15) is 15.6 Å². The molecule has 2 heterocycles. The molecule has 0 bridgehead atoms. The molecule has 4 rings (SSSR count). The molecule has 1 amide bonds. The molecule has 1 saturated heterocycles. The van der Waals surface area contributed by atoms with Gasteiger partial charge in [0.1, 0.15) is 5.82 Å². The third-order valence-corrected chi connectivity index (χ3v) is 8.29. The van der Waals surface area contributed by atoms with Crippen molar-refractivity contribution in [2.24, 2.45) is 0 Å². The quantitative estimate of drug-likeness (QED) is 0.551. The molecule has 3 aromatic rings. The number of piperazine rings is 1. The molecule has 1 N–H and O–H groups in total. The lowest BCUT2D eigenvalue weighted by Crippen LogP contribution is -2.48. The molecule has 0 radical (unpaired) electrons. The molecule has 1 aliphatic rings. The van der Waals surface area contributed by atoms with Gasteiger partial charge in [-0.15, -0.1) is 0 Å². The molecule has 1 aromatic heterocycles. The van der Waals surface area contributed by atoms with Gasteiger partial charge in [-0.3, -0.25) is 4.79 Å². The van der Waals surface area contributed by atoms with E-state index in [4.69, 9.17) is 0 Å². The van der Waals surface area contributed by atoms with E-state index >= 15 is 0 Å². The average Bonchev–Trinajstić information content (AvgIpc) is 3.32. The van der Waals surface area contributed by atoms with E-state index in [1.54, 1.807) is 35.6 Å². The van der Waals surface area contributed by atoms with E-state index in [-0.39, 0.29) is 22.7 Å². The highest BCUT2D eigenvalue weighted by Crippen LogP contribution is 2.22. The standard InChI is InChI=1S/C24H26FN3O3S2/c1-18(15-19-9-14-32-17-19)26-24(29)20-3-2-4-23(16-20)33(30,31)28-12-10-27(11-13-28)22-7-5-21(25)6-8-22/h2-9,14,16-18H,10-13,15H2,1H3,(H,26,29). The number of sulfonamides is 1. The Labute approximate surface area is 197 Å². The highest BCUT2D eigenvalue weighted by atomic mass is 32.2. The second-order valence-electron chi connectivity index (χ2n) is 8.11. The molecule has 0 saturated carbocycles. The summed E-state index contributed by atoms with van der Waals surface area (Å²) in [6.07, 6.45) is 0.714. The molecule has 1 atom stereocenters. The predicted molar refractivity (Wildman–Crippen MR) is 129 cm³/mol. The fourth-order valence-electron chi connectivity index (χ4n) is 3.91. The highest BCUT2D eigenvalue weighted by molar-refractivity contribution is 7.89. The summed E-state index contributed by atoms with van der Waals surface area (Å²) in [6, 6.07) is 14.3. The summed E-state index contributed by atoms with van der Waals surface area (Å²) in [5, 5.41) is 6.99. The number of carbonyl (C=O) groups excluding carboxylic acids is 1. The zero-order valence-corrected chi connectivity index (χ0v) is 19.9. The Morgan fingerprint density at radius 1 is 1.09 bits per heavy atom. The van der Waals surface area contributed by atoms with Gasteiger partial charge in [0.25, 0.3) is 5.91 Å². The minimum absolute atomic E-state index is 0.0769. The van der Waals surface area contributed by atoms with Gasteiger partial charge in [0.15, 0.2) is 0 Å². The summed E-state index contributed by atoms with van der Waals surface area (Å²) >= 11 is 1.61. The van der Waals surface area contributed by atoms with E-state index in [2.05, 4.69) is 5.32 Å². The lowest BCUT2D eigenvalue weighted by atomic mass is 10.1. The first kappa shape index (κ1) is 23.4. The number of halogens is 1. The Balaban J connectivity index is 1.40. The molecule has 2 aromatic carbocycles. The third-order valence-electron chi connectivity index (χ3n) is 5.66. The van der Waals surface area contributed by atoms with Crippen LogP contribution in [0.3, 0.4) is 0 Å². The van der Waals surface area contributed by atoms with Crippen LogP contribution in [0.2, 0.25) is 0 Å². The van der Waals surface area contributed by atoms with Crippen LogP contribution >= 0.6 is 11.3 Å². The van der Waals surface area contributed by atoms with E-state index in [0.29, 0.717) is 38.2 Å². The second-order valence-corrected chi connectivity index (χ2v) is 10.8. The fraction of sp³-hybridized carbons (Fsp3) is 0.292. The molecule has 1 aliphatic heterocycles.